The maximum Gasteiger partial charge on any atom is 0.245 e. The van der Waals surface area contributed by atoms with Crippen LogP contribution in [0, 0.1) is 11.6 Å². The van der Waals surface area contributed by atoms with Crippen LogP contribution in [0.5, 0.6) is 0 Å². The molecule has 1 aromatic heterocycles. The van der Waals surface area contributed by atoms with Crippen LogP contribution >= 0.6 is 0 Å². The number of amides is 1. The molecule has 4 rings (SSSR count). The fraction of sp³-hybridized carbons (Fsp3) is 0.529. The fourth-order valence-corrected chi connectivity index (χ4v) is 3.79. The van der Waals surface area contributed by atoms with Gasteiger partial charge in [-0.25, -0.2) is 18.2 Å². The largest absolute Gasteiger partial charge is 0.344 e. The molecule has 2 aromatic rings. The lowest BCUT2D eigenvalue weighted by atomic mass is 10.1. The number of halogens is 3. The van der Waals surface area contributed by atoms with Crippen molar-refractivity contribution in [2.24, 2.45) is 5.73 Å². The number of rotatable bonds is 2. The molecular formula is C17H20F3N5O. The van der Waals surface area contributed by atoms with Crippen molar-refractivity contribution in [2.75, 3.05) is 31.6 Å². The van der Waals surface area contributed by atoms with Gasteiger partial charge in [0.2, 0.25) is 11.9 Å². The number of carbonyl (C=O) groups excluding carboxylic acids is 1. The first kappa shape index (κ1) is 17.1. The third-order valence-corrected chi connectivity index (χ3v) is 5.28. The van der Waals surface area contributed by atoms with Crippen LogP contribution in [-0.2, 0) is 4.79 Å². The van der Waals surface area contributed by atoms with Gasteiger partial charge >= 0.3 is 0 Å². The Hall–Kier alpha value is -2.29. The third kappa shape index (κ3) is 2.61. The highest BCUT2D eigenvalue weighted by atomic mass is 19.2. The monoisotopic (exact) mass is 367 g/mol. The highest BCUT2D eigenvalue weighted by Gasteiger charge is 2.36. The molecule has 1 aromatic carbocycles. The predicted molar refractivity (Wildman–Crippen MR) is 90.6 cm³/mol. The van der Waals surface area contributed by atoms with Crippen molar-refractivity contribution in [1.29, 1.82) is 0 Å². The number of benzene rings is 1. The molecule has 26 heavy (non-hydrogen) atoms. The van der Waals surface area contributed by atoms with Crippen molar-refractivity contribution in [3.63, 3.8) is 0 Å². The zero-order chi connectivity index (χ0) is 18.6. The van der Waals surface area contributed by atoms with E-state index in [1.165, 1.54) is 0 Å². The van der Waals surface area contributed by atoms with E-state index in [0.29, 0.717) is 31.0 Å². The van der Waals surface area contributed by atoms with E-state index in [1.807, 2.05) is 0 Å². The molecule has 1 amide bonds. The summed E-state index contributed by atoms with van der Waals surface area (Å²) in [4.78, 5) is 20.4. The Bertz CT molecular complexity index is 870. The Morgan fingerprint density at radius 3 is 2.58 bits per heavy atom. The van der Waals surface area contributed by atoms with E-state index in [4.69, 9.17) is 5.73 Å². The first-order valence-corrected chi connectivity index (χ1v) is 8.63. The number of carbonyl (C=O) groups is 1. The van der Waals surface area contributed by atoms with Gasteiger partial charge < -0.3 is 15.5 Å². The number of alkyl halides is 1. The summed E-state index contributed by atoms with van der Waals surface area (Å²) in [5, 5.41) is 0. The highest BCUT2D eigenvalue weighted by molar-refractivity contribution is 5.87. The molecule has 2 aliphatic heterocycles. The van der Waals surface area contributed by atoms with Crippen molar-refractivity contribution < 1.29 is 18.0 Å². The second-order valence-corrected chi connectivity index (χ2v) is 7.02. The van der Waals surface area contributed by atoms with E-state index in [2.05, 4.69) is 4.98 Å². The molecule has 0 bridgehead atoms. The van der Waals surface area contributed by atoms with Crippen molar-refractivity contribution in [1.82, 2.24) is 14.5 Å². The van der Waals surface area contributed by atoms with Crippen LogP contribution in [0.15, 0.2) is 12.1 Å². The van der Waals surface area contributed by atoms with Crippen molar-refractivity contribution in [3.8, 4) is 0 Å². The van der Waals surface area contributed by atoms with Crippen molar-refractivity contribution in [3.05, 3.63) is 23.8 Å². The molecule has 3 heterocycles. The summed E-state index contributed by atoms with van der Waals surface area (Å²) in [5.74, 6) is -1.70. The molecule has 2 N–H and O–H groups in total. The Morgan fingerprint density at radius 1 is 1.19 bits per heavy atom. The molecule has 0 saturated carbocycles. The SMILES string of the molecule is CN1CC[C@@H](n2c(N3CC[C@@H](F)[C@H](N)C3)nc3cc(F)c(F)cc32)C1=O. The van der Waals surface area contributed by atoms with Crippen LogP contribution in [0.4, 0.5) is 19.1 Å². The third-order valence-electron chi connectivity index (χ3n) is 5.28. The van der Waals surface area contributed by atoms with Gasteiger partial charge in [0.15, 0.2) is 11.6 Å². The van der Waals surface area contributed by atoms with Gasteiger partial charge in [-0.1, -0.05) is 0 Å². The van der Waals surface area contributed by atoms with E-state index in [0.717, 1.165) is 12.1 Å². The normalized spacial score (nSPS) is 27.0. The topological polar surface area (TPSA) is 67.4 Å². The Labute approximate surface area is 148 Å². The molecule has 6 nitrogen and oxygen atoms in total. The smallest absolute Gasteiger partial charge is 0.245 e. The zero-order valence-electron chi connectivity index (χ0n) is 14.3. The minimum absolute atomic E-state index is 0.111. The number of piperidine rings is 1. The number of likely N-dealkylation sites (tertiary alicyclic amines) is 1. The molecular weight excluding hydrogens is 347 g/mol. The van der Waals surface area contributed by atoms with Gasteiger partial charge in [0, 0.05) is 38.8 Å². The molecule has 2 fully saturated rings. The van der Waals surface area contributed by atoms with Gasteiger partial charge in [0.25, 0.3) is 0 Å². The van der Waals surface area contributed by atoms with E-state index in [1.54, 1.807) is 21.4 Å². The molecule has 0 radical (unpaired) electrons. The number of fused-ring (bicyclic) bond motifs is 1. The number of hydrogen-bond donors (Lipinski definition) is 1. The molecule has 3 atom stereocenters. The summed E-state index contributed by atoms with van der Waals surface area (Å²) in [5.41, 5.74) is 6.46. The van der Waals surface area contributed by atoms with Crippen LogP contribution in [-0.4, -0.2) is 59.3 Å². The molecule has 2 saturated heterocycles. The van der Waals surface area contributed by atoms with Crippen LogP contribution in [0.3, 0.4) is 0 Å². The molecule has 2 aliphatic rings. The Balaban J connectivity index is 1.86. The standard InChI is InChI=1S/C17H20F3N5O/c1-23-4-3-14(16(23)26)25-15-7-11(20)10(19)6-13(15)22-17(25)24-5-2-9(18)12(21)8-24/h6-7,9,12,14H,2-5,8,21H2,1H3/t9-,12-,14-/m1/s1. The minimum Gasteiger partial charge on any atom is -0.344 e. The lowest BCUT2D eigenvalue weighted by Gasteiger charge is -2.34. The molecule has 0 aliphatic carbocycles. The maximum atomic E-state index is 13.9. The lowest BCUT2D eigenvalue weighted by molar-refractivity contribution is -0.129. The Kier molecular flexibility index (Phi) is 4.06. The first-order chi connectivity index (χ1) is 12.4. The number of nitrogens with two attached hydrogens (primary N) is 1. The summed E-state index contributed by atoms with van der Waals surface area (Å²) in [6.45, 7) is 1.17. The maximum absolute atomic E-state index is 13.9. The number of likely N-dealkylation sites (N-methyl/N-ethyl adjacent to an activating group) is 1. The quantitative estimate of drug-likeness (QED) is 0.876. The Morgan fingerprint density at radius 2 is 1.92 bits per heavy atom. The number of aromatic nitrogens is 2. The molecule has 0 unspecified atom stereocenters. The van der Waals surface area contributed by atoms with Crippen LogP contribution in [0.25, 0.3) is 11.0 Å². The predicted octanol–water partition coefficient (Wildman–Crippen LogP) is 1.59. The number of hydrogen-bond acceptors (Lipinski definition) is 4. The number of imidazole rings is 1. The van der Waals surface area contributed by atoms with Crippen molar-refractivity contribution in [2.45, 2.75) is 31.1 Å². The second-order valence-electron chi connectivity index (χ2n) is 7.02. The molecule has 9 heteroatoms. The summed E-state index contributed by atoms with van der Waals surface area (Å²) >= 11 is 0. The van der Waals surface area contributed by atoms with E-state index >= 15 is 0 Å². The van der Waals surface area contributed by atoms with Gasteiger partial charge in [-0.05, 0) is 12.8 Å². The van der Waals surface area contributed by atoms with Gasteiger partial charge in [0.1, 0.15) is 12.2 Å². The van der Waals surface area contributed by atoms with Crippen LogP contribution in [0.1, 0.15) is 18.9 Å². The van der Waals surface area contributed by atoms with E-state index < -0.39 is 29.9 Å². The summed E-state index contributed by atoms with van der Waals surface area (Å²) in [6.07, 6.45) is -0.317. The van der Waals surface area contributed by atoms with E-state index in [9.17, 15) is 18.0 Å². The van der Waals surface area contributed by atoms with Gasteiger partial charge in [0.05, 0.1) is 17.1 Å². The summed E-state index contributed by atoms with van der Waals surface area (Å²) < 4.78 is 42.9. The lowest BCUT2D eigenvalue weighted by Crippen LogP contribution is -2.50. The van der Waals surface area contributed by atoms with Crippen molar-refractivity contribution >= 4 is 22.9 Å². The van der Waals surface area contributed by atoms with Gasteiger partial charge in [-0.15, -0.1) is 0 Å². The number of anilines is 1. The zero-order valence-corrected chi connectivity index (χ0v) is 14.3. The average molecular weight is 367 g/mol. The van der Waals surface area contributed by atoms with Crippen LogP contribution < -0.4 is 10.6 Å². The molecule has 140 valence electrons. The highest BCUT2D eigenvalue weighted by Crippen LogP contribution is 2.34. The first-order valence-electron chi connectivity index (χ1n) is 8.63. The fourth-order valence-electron chi connectivity index (χ4n) is 3.79. The second kappa shape index (κ2) is 6.15. The van der Waals surface area contributed by atoms with E-state index in [-0.39, 0.29) is 24.4 Å². The average Bonchev–Trinajstić information content (AvgIpc) is 3.11. The van der Waals surface area contributed by atoms with Gasteiger partial charge in [-0.3, -0.25) is 9.36 Å². The number of nitrogens with zero attached hydrogens (tertiary/aromatic N) is 4. The minimum atomic E-state index is -1.10. The van der Waals surface area contributed by atoms with Crippen LogP contribution in [0.2, 0.25) is 0 Å². The summed E-state index contributed by atoms with van der Waals surface area (Å²) in [6, 6.07) is 0.862. The molecule has 0 spiro atoms. The van der Waals surface area contributed by atoms with Gasteiger partial charge in [-0.2, -0.15) is 0 Å². The summed E-state index contributed by atoms with van der Waals surface area (Å²) in [7, 11) is 1.70.